The topological polar surface area (TPSA) is 39.9 Å². The van der Waals surface area contributed by atoms with Crippen molar-refractivity contribution in [2.75, 3.05) is 18.0 Å². The number of alkyl halides is 3. The van der Waals surface area contributed by atoms with E-state index in [-0.39, 0.29) is 11.4 Å². The first-order valence-corrected chi connectivity index (χ1v) is 5.78. The molecule has 0 saturated heterocycles. The van der Waals surface area contributed by atoms with Gasteiger partial charge in [-0.2, -0.15) is 18.4 Å². The highest BCUT2D eigenvalue weighted by Crippen LogP contribution is 2.30. The standard InChI is InChI=1S/C13H14F3N3/c1-3-7-19(8-4-2)12-10(9-17)5-6-11(18-12)13(14,15)16/h3,5-6H,1,4,7-8H2,2H3. The summed E-state index contributed by atoms with van der Waals surface area (Å²) >= 11 is 0. The average molecular weight is 269 g/mol. The second kappa shape index (κ2) is 6.23. The third kappa shape index (κ3) is 3.71. The van der Waals surface area contributed by atoms with Gasteiger partial charge in [-0.1, -0.05) is 13.0 Å². The van der Waals surface area contributed by atoms with Crippen LogP contribution in [0.1, 0.15) is 24.6 Å². The molecule has 1 heterocycles. The number of pyridine rings is 1. The van der Waals surface area contributed by atoms with Gasteiger partial charge in [0.15, 0.2) is 0 Å². The molecule has 0 aliphatic heterocycles. The minimum atomic E-state index is -4.52. The molecule has 6 heteroatoms. The number of rotatable bonds is 5. The lowest BCUT2D eigenvalue weighted by atomic mass is 10.2. The molecule has 0 unspecified atom stereocenters. The quantitative estimate of drug-likeness (QED) is 0.769. The molecule has 0 N–H and O–H groups in total. The molecular formula is C13H14F3N3. The van der Waals surface area contributed by atoms with Crippen LogP contribution < -0.4 is 4.90 Å². The van der Waals surface area contributed by atoms with Crippen molar-refractivity contribution in [3.05, 3.63) is 36.0 Å². The molecule has 19 heavy (non-hydrogen) atoms. The van der Waals surface area contributed by atoms with Gasteiger partial charge >= 0.3 is 6.18 Å². The fourth-order valence-corrected chi connectivity index (χ4v) is 1.64. The van der Waals surface area contributed by atoms with Gasteiger partial charge in [-0.05, 0) is 18.6 Å². The van der Waals surface area contributed by atoms with E-state index in [0.29, 0.717) is 13.1 Å². The van der Waals surface area contributed by atoms with E-state index in [0.717, 1.165) is 18.6 Å². The Morgan fingerprint density at radius 3 is 2.63 bits per heavy atom. The fraction of sp³-hybridized carbons (Fsp3) is 0.385. The van der Waals surface area contributed by atoms with Crippen LogP contribution in [-0.4, -0.2) is 18.1 Å². The van der Waals surface area contributed by atoms with Crippen molar-refractivity contribution in [2.24, 2.45) is 0 Å². The van der Waals surface area contributed by atoms with Gasteiger partial charge in [0.05, 0.1) is 5.56 Å². The molecule has 0 aliphatic carbocycles. The first-order chi connectivity index (χ1) is 8.93. The SMILES string of the molecule is C=CCN(CCC)c1nc(C(F)(F)F)ccc1C#N. The molecule has 3 nitrogen and oxygen atoms in total. The first-order valence-electron chi connectivity index (χ1n) is 5.78. The van der Waals surface area contributed by atoms with Crippen molar-refractivity contribution in [2.45, 2.75) is 19.5 Å². The van der Waals surface area contributed by atoms with Crippen molar-refractivity contribution in [3.8, 4) is 6.07 Å². The fourth-order valence-electron chi connectivity index (χ4n) is 1.64. The van der Waals surface area contributed by atoms with Gasteiger partial charge in [-0.15, -0.1) is 6.58 Å². The van der Waals surface area contributed by atoms with Crippen molar-refractivity contribution in [1.29, 1.82) is 5.26 Å². The Labute approximate surface area is 110 Å². The Balaban J connectivity index is 3.28. The number of aromatic nitrogens is 1. The lowest BCUT2D eigenvalue weighted by molar-refractivity contribution is -0.141. The Hall–Kier alpha value is -2.03. The summed E-state index contributed by atoms with van der Waals surface area (Å²) in [7, 11) is 0. The van der Waals surface area contributed by atoms with Gasteiger partial charge in [0.1, 0.15) is 17.6 Å². The van der Waals surface area contributed by atoms with E-state index in [1.54, 1.807) is 11.0 Å². The minimum Gasteiger partial charge on any atom is -0.352 e. The van der Waals surface area contributed by atoms with E-state index < -0.39 is 11.9 Å². The smallest absolute Gasteiger partial charge is 0.352 e. The Morgan fingerprint density at radius 1 is 1.47 bits per heavy atom. The van der Waals surface area contributed by atoms with Crippen LogP contribution in [0.25, 0.3) is 0 Å². The summed E-state index contributed by atoms with van der Waals surface area (Å²) in [5.41, 5.74) is -0.866. The summed E-state index contributed by atoms with van der Waals surface area (Å²) in [6.07, 6.45) is -2.22. The van der Waals surface area contributed by atoms with Gasteiger partial charge in [0.25, 0.3) is 0 Å². The predicted molar refractivity (Wildman–Crippen MR) is 66.7 cm³/mol. The molecule has 102 valence electrons. The summed E-state index contributed by atoms with van der Waals surface area (Å²) < 4.78 is 38.0. The maximum atomic E-state index is 12.7. The van der Waals surface area contributed by atoms with Gasteiger partial charge in [0.2, 0.25) is 0 Å². The van der Waals surface area contributed by atoms with Gasteiger partial charge < -0.3 is 4.90 Å². The molecule has 0 aromatic carbocycles. The predicted octanol–water partition coefficient (Wildman–Crippen LogP) is 3.37. The summed E-state index contributed by atoms with van der Waals surface area (Å²) in [6, 6.07) is 3.83. The summed E-state index contributed by atoms with van der Waals surface area (Å²) in [6.45, 7) is 6.31. The number of hydrogen-bond acceptors (Lipinski definition) is 3. The van der Waals surface area contributed by atoms with Crippen molar-refractivity contribution >= 4 is 5.82 Å². The molecule has 1 aromatic rings. The number of nitriles is 1. The second-order valence-corrected chi connectivity index (χ2v) is 3.91. The molecule has 0 atom stereocenters. The number of hydrogen-bond donors (Lipinski definition) is 0. The number of nitrogens with zero attached hydrogens (tertiary/aromatic N) is 3. The average Bonchev–Trinajstić information content (AvgIpc) is 2.36. The number of anilines is 1. The Bertz CT molecular complexity index is 489. The van der Waals surface area contributed by atoms with E-state index in [2.05, 4.69) is 11.6 Å². The van der Waals surface area contributed by atoms with Gasteiger partial charge in [-0.25, -0.2) is 4.98 Å². The lowest BCUT2D eigenvalue weighted by Gasteiger charge is -2.23. The molecule has 0 aliphatic rings. The van der Waals surface area contributed by atoms with Crippen molar-refractivity contribution in [1.82, 2.24) is 4.98 Å². The molecule has 0 bridgehead atoms. The van der Waals surface area contributed by atoms with Crippen LogP contribution in [0.2, 0.25) is 0 Å². The van der Waals surface area contributed by atoms with Crippen LogP contribution in [0.5, 0.6) is 0 Å². The maximum Gasteiger partial charge on any atom is 0.433 e. The van der Waals surface area contributed by atoms with E-state index in [1.165, 1.54) is 0 Å². The summed E-state index contributed by atoms with van der Waals surface area (Å²) in [5, 5.41) is 8.97. The summed E-state index contributed by atoms with van der Waals surface area (Å²) in [5.74, 6) is 0.0547. The zero-order chi connectivity index (χ0) is 14.5. The van der Waals surface area contributed by atoms with E-state index in [4.69, 9.17) is 5.26 Å². The molecule has 0 spiro atoms. The highest BCUT2D eigenvalue weighted by Gasteiger charge is 2.33. The molecule has 0 radical (unpaired) electrons. The third-order valence-corrected chi connectivity index (χ3v) is 2.43. The maximum absolute atomic E-state index is 12.7. The molecule has 1 aromatic heterocycles. The largest absolute Gasteiger partial charge is 0.433 e. The highest BCUT2D eigenvalue weighted by atomic mass is 19.4. The first kappa shape index (κ1) is 15.0. The molecule has 0 saturated carbocycles. The Kier molecular flexibility index (Phi) is 4.93. The zero-order valence-electron chi connectivity index (χ0n) is 10.5. The van der Waals surface area contributed by atoms with Gasteiger partial charge in [-0.3, -0.25) is 0 Å². The minimum absolute atomic E-state index is 0.0547. The Morgan fingerprint density at radius 2 is 2.16 bits per heavy atom. The van der Waals surface area contributed by atoms with E-state index in [1.807, 2.05) is 13.0 Å². The van der Waals surface area contributed by atoms with Crippen LogP contribution in [-0.2, 0) is 6.18 Å². The van der Waals surface area contributed by atoms with Crippen LogP contribution in [0, 0.1) is 11.3 Å². The van der Waals surface area contributed by atoms with E-state index in [9.17, 15) is 13.2 Å². The monoisotopic (exact) mass is 269 g/mol. The molecular weight excluding hydrogens is 255 g/mol. The molecule has 0 amide bonds. The zero-order valence-corrected chi connectivity index (χ0v) is 10.5. The van der Waals surface area contributed by atoms with Crippen LogP contribution in [0.15, 0.2) is 24.8 Å². The van der Waals surface area contributed by atoms with Crippen molar-refractivity contribution in [3.63, 3.8) is 0 Å². The lowest BCUT2D eigenvalue weighted by Crippen LogP contribution is -2.27. The second-order valence-electron chi connectivity index (χ2n) is 3.91. The van der Waals surface area contributed by atoms with Crippen molar-refractivity contribution < 1.29 is 13.2 Å². The summed E-state index contributed by atoms with van der Waals surface area (Å²) in [4.78, 5) is 5.19. The number of halogens is 3. The van der Waals surface area contributed by atoms with E-state index >= 15 is 0 Å². The normalized spacial score (nSPS) is 10.9. The van der Waals surface area contributed by atoms with Crippen LogP contribution >= 0.6 is 0 Å². The molecule has 1 rings (SSSR count). The highest BCUT2D eigenvalue weighted by molar-refractivity contribution is 5.55. The molecule has 0 fully saturated rings. The van der Waals surface area contributed by atoms with Gasteiger partial charge in [0, 0.05) is 13.1 Å². The third-order valence-electron chi connectivity index (χ3n) is 2.43. The van der Waals surface area contributed by atoms with Crippen LogP contribution in [0.3, 0.4) is 0 Å². The van der Waals surface area contributed by atoms with Crippen LogP contribution in [0.4, 0.5) is 19.0 Å².